The molecule has 0 saturated carbocycles. The van der Waals surface area contributed by atoms with Crippen LogP contribution in [0.1, 0.15) is 0 Å². The number of para-hydroxylation sites is 3. The van der Waals surface area contributed by atoms with Crippen LogP contribution in [0.4, 0.5) is 0 Å². The molecule has 3 heterocycles. The summed E-state index contributed by atoms with van der Waals surface area (Å²) in [4.78, 5) is 15.8. The maximum atomic E-state index is 5.37. The van der Waals surface area contributed by atoms with Crippen molar-refractivity contribution in [1.82, 2.24) is 24.1 Å². The highest BCUT2D eigenvalue weighted by Crippen LogP contribution is 2.45. The molecule has 0 saturated heterocycles. The highest BCUT2D eigenvalue weighted by Gasteiger charge is 2.25. The van der Waals surface area contributed by atoms with E-state index in [2.05, 4.69) is 209 Å². The predicted octanol–water partition coefficient (Wildman–Crippen LogP) is 14.4. The molecule has 12 aromatic rings. The van der Waals surface area contributed by atoms with Crippen molar-refractivity contribution in [2.24, 2.45) is 0 Å². The Morgan fingerprint density at radius 2 is 0.726 bits per heavy atom. The number of rotatable bonds is 7. The van der Waals surface area contributed by atoms with E-state index in [1.165, 1.54) is 0 Å². The molecule has 290 valence electrons. The first-order valence-corrected chi connectivity index (χ1v) is 21.0. The fourth-order valence-corrected chi connectivity index (χ4v) is 9.20. The lowest BCUT2D eigenvalue weighted by Crippen LogP contribution is -2.06. The average Bonchev–Trinajstić information content (AvgIpc) is 3.88. The lowest BCUT2D eigenvalue weighted by molar-refractivity contribution is 0.955. The summed E-state index contributed by atoms with van der Waals surface area (Å²) in [5.41, 5.74) is 14.2. The van der Waals surface area contributed by atoms with E-state index in [1.807, 2.05) is 24.3 Å². The van der Waals surface area contributed by atoms with Gasteiger partial charge in [0.15, 0.2) is 11.6 Å². The van der Waals surface area contributed by atoms with Crippen molar-refractivity contribution in [3.63, 3.8) is 0 Å². The zero-order chi connectivity index (χ0) is 41.0. The Morgan fingerprint density at radius 3 is 1.32 bits per heavy atom. The maximum Gasteiger partial charge on any atom is 0.238 e. The molecule has 0 radical (unpaired) electrons. The van der Waals surface area contributed by atoms with Gasteiger partial charge in [-0.2, -0.15) is 9.97 Å². The van der Waals surface area contributed by atoms with E-state index in [0.29, 0.717) is 17.6 Å². The van der Waals surface area contributed by atoms with E-state index in [0.717, 1.165) is 93.8 Å². The molecular formula is C57H37N5. The second-order valence-corrected chi connectivity index (χ2v) is 15.6. The molecule has 0 aliphatic carbocycles. The normalized spacial score (nSPS) is 11.5. The summed E-state index contributed by atoms with van der Waals surface area (Å²) in [7, 11) is 0. The number of hydrogen-bond acceptors (Lipinski definition) is 3. The van der Waals surface area contributed by atoms with Crippen LogP contribution in [-0.4, -0.2) is 24.1 Å². The number of hydrogen-bond donors (Lipinski definition) is 0. The van der Waals surface area contributed by atoms with Gasteiger partial charge in [0.25, 0.3) is 0 Å². The van der Waals surface area contributed by atoms with E-state index < -0.39 is 0 Å². The monoisotopic (exact) mass is 791 g/mol. The van der Waals surface area contributed by atoms with E-state index in [1.54, 1.807) is 0 Å². The van der Waals surface area contributed by atoms with E-state index in [9.17, 15) is 0 Å². The Hall–Kier alpha value is -8.41. The summed E-state index contributed by atoms with van der Waals surface area (Å²) >= 11 is 0. The summed E-state index contributed by atoms with van der Waals surface area (Å²) in [5.74, 6) is 1.78. The minimum atomic E-state index is 0.561. The molecule has 0 aliphatic rings. The molecule has 3 aromatic heterocycles. The Labute approximate surface area is 358 Å². The maximum absolute atomic E-state index is 5.37. The van der Waals surface area contributed by atoms with Crippen molar-refractivity contribution < 1.29 is 0 Å². The second-order valence-electron chi connectivity index (χ2n) is 15.6. The predicted molar refractivity (Wildman–Crippen MR) is 256 cm³/mol. The highest BCUT2D eigenvalue weighted by atomic mass is 15.2. The van der Waals surface area contributed by atoms with Gasteiger partial charge < -0.3 is 4.57 Å². The quantitative estimate of drug-likeness (QED) is 0.162. The Bertz CT molecular complexity index is 3540. The van der Waals surface area contributed by atoms with Gasteiger partial charge in [0, 0.05) is 43.8 Å². The van der Waals surface area contributed by atoms with E-state index in [-0.39, 0.29) is 0 Å². The van der Waals surface area contributed by atoms with Crippen LogP contribution in [0.2, 0.25) is 0 Å². The Balaban J connectivity index is 1.18. The molecule has 0 bridgehead atoms. The molecule has 62 heavy (non-hydrogen) atoms. The number of nitrogens with zero attached hydrogens (tertiary/aromatic N) is 5. The van der Waals surface area contributed by atoms with Crippen molar-refractivity contribution in [3.05, 3.63) is 224 Å². The van der Waals surface area contributed by atoms with Crippen LogP contribution in [-0.2, 0) is 0 Å². The first-order valence-electron chi connectivity index (χ1n) is 21.0. The summed E-state index contributed by atoms with van der Waals surface area (Å²) < 4.78 is 4.74. The minimum Gasteiger partial charge on any atom is -0.308 e. The molecule has 0 amide bonds. The van der Waals surface area contributed by atoms with Crippen LogP contribution >= 0.6 is 0 Å². The molecule has 0 fully saturated rings. The third-order valence-corrected chi connectivity index (χ3v) is 12.0. The van der Waals surface area contributed by atoms with Gasteiger partial charge in [-0.05, 0) is 40.5 Å². The van der Waals surface area contributed by atoms with Crippen molar-refractivity contribution in [2.75, 3.05) is 0 Å². The van der Waals surface area contributed by atoms with Gasteiger partial charge in [-0.3, -0.25) is 4.57 Å². The SMILES string of the molecule is c1ccc(-c2ccc(-c3nc(-c4ccccc4)nc(-n4c5ccccc5c5ccc6c(c7ccccc7n6-c6c(-c7ccccc7)cccc6-c6ccccc6)c54)n3)cc2)cc1. The molecule has 0 aliphatic heterocycles. The molecule has 0 N–H and O–H groups in total. The van der Waals surface area contributed by atoms with Crippen molar-refractivity contribution in [1.29, 1.82) is 0 Å². The highest BCUT2D eigenvalue weighted by molar-refractivity contribution is 6.26. The third kappa shape index (κ3) is 5.82. The number of benzene rings is 9. The van der Waals surface area contributed by atoms with E-state index >= 15 is 0 Å². The first kappa shape index (κ1) is 35.5. The summed E-state index contributed by atoms with van der Waals surface area (Å²) in [6.45, 7) is 0. The number of fused-ring (bicyclic) bond motifs is 7. The third-order valence-electron chi connectivity index (χ3n) is 12.0. The van der Waals surface area contributed by atoms with Crippen molar-refractivity contribution in [2.45, 2.75) is 0 Å². The molecule has 12 rings (SSSR count). The Morgan fingerprint density at radius 1 is 0.274 bits per heavy atom. The molecular weight excluding hydrogens is 755 g/mol. The molecule has 0 unspecified atom stereocenters. The largest absolute Gasteiger partial charge is 0.308 e. The van der Waals surface area contributed by atoms with Crippen LogP contribution in [0.15, 0.2) is 224 Å². The topological polar surface area (TPSA) is 48.5 Å². The lowest BCUT2D eigenvalue weighted by Gasteiger charge is -2.19. The van der Waals surface area contributed by atoms with Crippen molar-refractivity contribution >= 4 is 43.6 Å². The second kappa shape index (κ2) is 14.7. The summed E-state index contributed by atoms with van der Waals surface area (Å²) in [5, 5.41) is 4.54. The molecule has 5 nitrogen and oxygen atoms in total. The van der Waals surface area contributed by atoms with Gasteiger partial charge in [0.2, 0.25) is 5.95 Å². The molecule has 5 heteroatoms. The van der Waals surface area contributed by atoms with Crippen LogP contribution < -0.4 is 0 Å². The van der Waals surface area contributed by atoms with Gasteiger partial charge in [0.1, 0.15) is 0 Å². The average molecular weight is 792 g/mol. The molecule has 9 aromatic carbocycles. The van der Waals surface area contributed by atoms with Gasteiger partial charge in [-0.1, -0.05) is 206 Å². The van der Waals surface area contributed by atoms with Crippen molar-refractivity contribution in [3.8, 4) is 67.8 Å². The minimum absolute atomic E-state index is 0.561. The van der Waals surface area contributed by atoms with Crippen LogP contribution in [0.25, 0.3) is 111 Å². The fraction of sp³-hybridized carbons (Fsp3) is 0. The molecule has 0 spiro atoms. The molecule has 0 atom stereocenters. The van der Waals surface area contributed by atoms with E-state index in [4.69, 9.17) is 15.0 Å². The summed E-state index contributed by atoms with van der Waals surface area (Å²) in [6, 6.07) is 79.3. The zero-order valence-electron chi connectivity index (χ0n) is 33.6. The first-order chi connectivity index (χ1) is 30.8. The van der Waals surface area contributed by atoms with Crippen LogP contribution in [0, 0.1) is 0 Å². The van der Waals surface area contributed by atoms with Gasteiger partial charge in [-0.15, -0.1) is 0 Å². The van der Waals surface area contributed by atoms with Crippen LogP contribution in [0.3, 0.4) is 0 Å². The smallest absolute Gasteiger partial charge is 0.238 e. The number of aromatic nitrogens is 5. The lowest BCUT2D eigenvalue weighted by atomic mass is 9.95. The standard InChI is InChI=1S/C57H37N5/c1-5-18-38(19-6-1)39-32-34-43(35-33-39)56-58-55(42-24-11-4-12-25-42)59-57(60-56)62-49-30-15-13-26-46(49)47-36-37-51-52(54(47)62)48-27-14-16-31-50(48)61(51)53-44(40-20-7-2-8-21-40)28-17-29-45(53)41-22-9-3-10-23-41/h1-37H. The Kier molecular flexibility index (Phi) is 8.42. The van der Waals surface area contributed by atoms with Gasteiger partial charge in [-0.25, -0.2) is 4.98 Å². The summed E-state index contributed by atoms with van der Waals surface area (Å²) in [6.07, 6.45) is 0. The van der Waals surface area contributed by atoms with Gasteiger partial charge >= 0.3 is 0 Å². The zero-order valence-corrected chi connectivity index (χ0v) is 33.6. The van der Waals surface area contributed by atoms with Crippen LogP contribution in [0.5, 0.6) is 0 Å². The fourth-order valence-electron chi connectivity index (χ4n) is 9.20. The van der Waals surface area contributed by atoms with Gasteiger partial charge in [0.05, 0.1) is 27.8 Å².